The lowest BCUT2D eigenvalue weighted by Gasteiger charge is -2.65. The van der Waals surface area contributed by atoms with E-state index in [0.717, 1.165) is 30.6 Å². The molecular formula is C32H38Cl2N4O6S. The van der Waals surface area contributed by atoms with Gasteiger partial charge in [0.15, 0.2) is 0 Å². The number of anilines is 1. The summed E-state index contributed by atoms with van der Waals surface area (Å²) >= 11 is 13.1. The Balaban J connectivity index is 1.27. The molecule has 0 spiro atoms. The Morgan fingerprint density at radius 3 is 2.47 bits per heavy atom. The lowest BCUT2D eigenvalue weighted by atomic mass is 9.43. The van der Waals surface area contributed by atoms with E-state index in [1.807, 2.05) is 0 Å². The molecule has 45 heavy (non-hydrogen) atoms. The van der Waals surface area contributed by atoms with Crippen LogP contribution in [0.4, 0.5) is 5.69 Å². The maximum atomic E-state index is 13.4. The number of allylic oxidation sites excluding steroid dienone is 1. The highest BCUT2D eigenvalue weighted by molar-refractivity contribution is 7.20. The second kappa shape index (κ2) is 12.9. The van der Waals surface area contributed by atoms with E-state index in [1.165, 1.54) is 61.4 Å². The summed E-state index contributed by atoms with van der Waals surface area (Å²) < 4.78 is 6.34. The van der Waals surface area contributed by atoms with Crippen molar-refractivity contribution >= 4 is 63.9 Å². The number of thiophene rings is 1. The van der Waals surface area contributed by atoms with E-state index in [-0.39, 0.29) is 57.2 Å². The number of nitrogens with zero attached hydrogens (tertiary/aromatic N) is 1. The third-order valence-corrected chi connectivity index (χ3v) is 10.7. The number of esters is 1. The smallest absolute Gasteiger partial charge is 0.330 e. The summed E-state index contributed by atoms with van der Waals surface area (Å²) in [5.41, 5.74) is -0.266. The van der Waals surface area contributed by atoms with Crippen LogP contribution in [0.1, 0.15) is 75.6 Å². The Kier molecular flexibility index (Phi) is 9.54. The summed E-state index contributed by atoms with van der Waals surface area (Å²) in [6.45, 7) is 4.49. The Labute approximate surface area is 275 Å². The fourth-order valence-corrected chi connectivity index (χ4v) is 10.0. The maximum Gasteiger partial charge on any atom is 0.330 e. The van der Waals surface area contributed by atoms with Gasteiger partial charge in [0.05, 0.1) is 17.0 Å². The van der Waals surface area contributed by atoms with Gasteiger partial charge in [0.2, 0.25) is 11.8 Å². The third kappa shape index (κ3) is 7.64. The zero-order valence-corrected chi connectivity index (χ0v) is 27.9. The third-order valence-electron chi connectivity index (χ3n) is 9.22. The first-order valence-electron chi connectivity index (χ1n) is 15.0. The second-order valence-corrected chi connectivity index (χ2v) is 15.9. The molecule has 3 N–H and O–H groups in total. The average molecular weight is 678 g/mol. The molecule has 0 saturated heterocycles. The van der Waals surface area contributed by atoms with Crippen molar-refractivity contribution in [3.05, 3.63) is 61.1 Å². The van der Waals surface area contributed by atoms with Gasteiger partial charge in [0.1, 0.15) is 22.6 Å². The molecule has 10 nitrogen and oxygen atoms in total. The van der Waals surface area contributed by atoms with Crippen molar-refractivity contribution in [3.8, 4) is 0 Å². The highest BCUT2D eigenvalue weighted by atomic mass is 35.5. The fourth-order valence-electron chi connectivity index (χ4n) is 8.56. The highest BCUT2D eigenvalue weighted by Gasteiger charge is 2.60. The molecule has 6 rings (SSSR count). The molecule has 4 bridgehead atoms. The van der Waals surface area contributed by atoms with Gasteiger partial charge < -0.3 is 25.3 Å². The van der Waals surface area contributed by atoms with Crippen LogP contribution < -0.4 is 21.5 Å². The lowest BCUT2D eigenvalue weighted by Crippen LogP contribution is -2.65. The largest absolute Gasteiger partial charge is 0.466 e. The van der Waals surface area contributed by atoms with Crippen LogP contribution in [-0.4, -0.2) is 46.9 Å². The van der Waals surface area contributed by atoms with E-state index in [2.05, 4.69) is 34.5 Å². The quantitative estimate of drug-likeness (QED) is 0.218. The number of nitrogens with one attached hydrogen (secondary N) is 3. The van der Waals surface area contributed by atoms with Gasteiger partial charge in [0.25, 0.3) is 11.5 Å². The Hall–Kier alpha value is -3.15. The van der Waals surface area contributed by atoms with Gasteiger partial charge in [-0.1, -0.05) is 43.1 Å². The van der Waals surface area contributed by atoms with E-state index >= 15 is 0 Å². The Morgan fingerprint density at radius 2 is 1.84 bits per heavy atom. The minimum Gasteiger partial charge on any atom is -0.466 e. The van der Waals surface area contributed by atoms with Crippen molar-refractivity contribution in [2.75, 3.05) is 12.4 Å². The molecular weight excluding hydrogens is 639 g/mol. The number of pyridine rings is 1. The van der Waals surface area contributed by atoms with Gasteiger partial charge in [-0.05, 0) is 86.3 Å². The molecule has 4 saturated carbocycles. The summed E-state index contributed by atoms with van der Waals surface area (Å²) in [6, 6.07) is 3.34. The van der Waals surface area contributed by atoms with Gasteiger partial charge in [0, 0.05) is 17.8 Å². The molecule has 0 aliphatic heterocycles. The topological polar surface area (TPSA) is 136 Å². The lowest BCUT2D eigenvalue weighted by molar-refractivity contribution is -0.140. The summed E-state index contributed by atoms with van der Waals surface area (Å²) in [5.74, 6) is -1.45. The molecule has 4 fully saturated rings. The monoisotopic (exact) mass is 676 g/mol. The normalized spacial score (nSPS) is 27.3. The zero-order chi connectivity index (χ0) is 32.6. The molecule has 242 valence electrons. The summed E-state index contributed by atoms with van der Waals surface area (Å²) in [4.78, 5) is 64.5. The Bertz CT molecular complexity index is 1580. The molecule has 2 aromatic rings. The minimum absolute atomic E-state index is 0.0360. The molecule has 13 heteroatoms. The average Bonchev–Trinajstić information content (AvgIpc) is 3.27. The number of ether oxygens (including phenoxy) is 1. The van der Waals surface area contributed by atoms with Crippen LogP contribution in [-0.2, 0) is 25.7 Å². The first-order chi connectivity index (χ1) is 21.2. The minimum atomic E-state index is -1.09. The highest BCUT2D eigenvalue weighted by Crippen LogP contribution is 2.66. The molecule has 2 heterocycles. The van der Waals surface area contributed by atoms with Crippen LogP contribution in [0.3, 0.4) is 0 Å². The predicted octanol–water partition coefficient (Wildman–Crippen LogP) is 5.33. The number of halogens is 2. The molecule has 0 aromatic carbocycles. The molecule has 4 aliphatic rings. The van der Waals surface area contributed by atoms with Gasteiger partial charge >= 0.3 is 5.97 Å². The number of carbonyl (C=O) groups excluding carboxylic acids is 4. The van der Waals surface area contributed by atoms with Crippen LogP contribution >= 0.6 is 34.5 Å². The van der Waals surface area contributed by atoms with Crippen molar-refractivity contribution in [1.29, 1.82) is 0 Å². The first-order valence-corrected chi connectivity index (χ1v) is 16.6. The number of rotatable bonds is 11. The number of amides is 3. The van der Waals surface area contributed by atoms with Crippen LogP contribution in [0.15, 0.2) is 41.3 Å². The van der Waals surface area contributed by atoms with Crippen LogP contribution in [0.25, 0.3) is 0 Å². The first kappa shape index (κ1) is 33.2. The van der Waals surface area contributed by atoms with Crippen LogP contribution in [0, 0.1) is 16.7 Å². The Morgan fingerprint density at radius 1 is 1.13 bits per heavy atom. The number of methoxy groups -OCH3 is 1. The van der Waals surface area contributed by atoms with E-state index in [9.17, 15) is 24.0 Å². The summed E-state index contributed by atoms with van der Waals surface area (Å²) in [5, 5.41) is 8.57. The van der Waals surface area contributed by atoms with Crippen molar-refractivity contribution in [2.24, 2.45) is 16.7 Å². The number of hydrogen-bond donors (Lipinski definition) is 3. The standard InChI is InChI=1S/C32H38Cl2N4O6S/c1-30-12-19-13-31(2,16-30)18-32(14-19,17-30)37-24(39)15-38-10-6-8-22(29(38)43)36-28(42)21(7-4-5-9-25(40)44-3)35-27(41)20-11-23(33)45-26(20)34/h5-6,8-11,19,21H,4,7,12-18H2,1-3H3,(H,35,41)(H,36,42)(H,37,39)/b9-5+/t19?,21-,30?,31?,32?/m0/s1. The number of hydrogen-bond acceptors (Lipinski definition) is 7. The molecule has 3 amide bonds. The van der Waals surface area contributed by atoms with Crippen LogP contribution in [0.5, 0.6) is 0 Å². The molecule has 2 unspecified atom stereocenters. The zero-order valence-electron chi connectivity index (χ0n) is 25.5. The number of carbonyl (C=O) groups is 4. The SMILES string of the molecule is COC(=O)/C=C/CC[C@H](NC(=O)c1cc(Cl)sc1Cl)C(=O)Nc1cccn(CC(=O)NC23CC4CC(C)(CC(C)(C4)C2)C3)c1=O. The van der Waals surface area contributed by atoms with E-state index in [1.54, 1.807) is 6.07 Å². The molecule has 3 atom stereocenters. The fraction of sp³-hybridized carbons (Fsp3) is 0.531. The predicted molar refractivity (Wildman–Crippen MR) is 174 cm³/mol. The van der Waals surface area contributed by atoms with Gasteiger partial charge in [-0.25, -0.2) is 4.79 Å². The van der Waals surface area contributed by atoms with Crippen molar-refractivity contribution in [3.63, 3.8) is 0 Å². The van der Waals surface area contributed by atoms with E-state index < -0.39 is 29.4 Å². The van der Waals surface area contributed by atoms with Crippen LogP contribution in [0.2, 0.25) is 8.67 Å². The maximum absolute atomic E-state index is 13.4. The van der Waals surface area contributed by atoms with E-state index in [4.69, 9.17) is 23.2 Å². The molecule has 0 radical (unpaired) electrons. The van der Waals surface area contributed by atoms with Crippen molar-refractivity contribution in [1.82, 2.24) is 15.2 Å². The molecule has 2 aromatic heterocycles. The van der Waals surface area contributed by atoms with Gasteiger partial charge in [-0.3, -0.25) is 19.2 Å². The van der Waals surface area contributed by atoms with Crippen molar-refractivity contribution < 1.29 is 23.9 Å². The van der Waals surface area contributed by atoms with E-state index in [0.29, 0.717) is 10.3 Å². The van der Waals surface area contributed by atoms with Crippen molar-refractivity contribution in [2.45, 2.75) is 83.3 Å². The summed E-state index contributed by atoms with van der Waals surface area (Å²) in [7, 11) is 1.25. The second-order valence-electron chi connectivity index (χ2n) is 13.6. The summed E-state index contributed by atoms with van der Waals surface area (Å²) in [6.07, 6.45) is 11.1. The molecule has 4 aliphatic carbocycles. The number of aromatic nitrogens is 1. The van der Waals surface area contributed by atoms with Gasteiger partial charge in [-0.15, -0.1) is 11.3 Å². The van der Waals surface area contributed by atoms with Gasteiger partial charge in [-0.2, -0.15) is 0 Å².